The van der Waals surface area contributed by atoms with Crippen molar-refractivity contribution in [1.82, 2.24) is 4.98 Å². The first-order valence-corrected chi connectivity index (χ1v) is 6.91. The van der Waals surface area contributed by atoms with Gasteiger partial charge in [-0.05, 0) is 30.2 Å². The number of hydrogen-bond acceptors (Lipinski definition) is 3. The van der Waals surface area contributed by atoms with Crippen molar-refractivity contribution in [2.24, 2.45) is 0 Å². The molecule has 1 aromatic heterocycles. The van der Waals surface area contributed by atoms with Crippen LogP contribution in [-0.2, 0) is 0 Å². The number of aromatic nitrogens is 1. The maximum Gasteiger partial charge on any atom is 0.137 e. The molecule has 0 fully saturated rings. The average molecular weight is 260 g/mol. The van der Waals surface area contributed by atoms with Crippen LogP contribution in [0, 0.1) is 5.82 Å². The second-order valence-corrected chi connectivity index (χ2v) is 5.34. The molecule has 1 aromatic carbocycles. The Balaban J connectivity index is 1.90. The molecule has 0 radical (unpaired) electrons. The van der Waals surface area contributed by atoms with Gasteiger partial charge in [0.05, 0.1) is 11.7 Å². The van der Waals surface area contributed by atoms with Crippen molar-refractivity contribution in [2.75, 3.05) is 11.1 Å². The largest absolute Gasteiger partial charge is 0.377 e. The SMILES string of the molecule is Fc1cccc2c1SCCC2Nc1cccnc1. The van der Waals surface area contributed by atoms with E-state index in [9.17, 15) is 4.39 Å². The number of thioether (sulfide) groups is 1. The molecule has 0 saturated heterocycles. The molecule has 18 heavy (non-hydrogen) atoms. The highest BCUT2D eigenvalue weighted by atomic mass is 32.2. The molecule has 0 aliphatic carbocycles. The average Bonchev–Trinajstić information content (AvgIpc) is 2.41. The van der Waals surface area contributed by atoms with Gasteiger partial charge >= 0.3 is 0 Å². The van der Waals surface area contributed by atoms with E-state index in [0.717, 1.165) is 28.3 Å². The predicted molar refractivity (Wildman–Crippen MR) is 72.3 cm³/mol. The highest BCUT2D eigenvalue weighted by molar-refractivity contribution is 7.99. The first-order chi connectivity index (χ1) is 8.84. The van der Waals surface area contributed by atoms with E-state index in [-0.39, 0.29) is 11.9 Å². The lowest BCUT2D eigenvalue weighted by atomic mass is 10.0. The van der Waals surface area contributed by atoms with E-state index < -0.39 is 0 Å². The standard InChI is InChI=1S/C14H13FN2S/c15-12-5-1-4-11-13(6-8-18-14(11)12)17-10-3-2-7-16-9-10/h1-5,7,9,13,17H,6,8H2. The van der Waals surface area contributed by atoms with E-state index >= 15 is 0 Å². The summed E-state index contributed by atoms with van der Waals surface area (Å²) in [5.41, 5.74) is 2.03. The lowest BCUT2D eigenvalue weighted by molar-refractivity contribution is 0.585. The number of halogens is 1. The summed E-state index contributed by atoms with van der Waals surface area (Å²) < 4.78 is 13.7. The summed E-state index contributed by atoms with van der Waals surface area (Å²) in [7, 11) is 0. The Morgan fingerprint density at radius 2 is 2.22 bits per heavy atom. The van der Waals surface area contributed by atoms with Gasteiger partial charge < -0.3 is 5.32 Å². The van der Waals surface area contributed by atoms with Crippen LogP contribution in [0.2, 0.25) is 0 Å². The van der Waals surface area contributed by atoms with E-state index in [2.05, 4.69) is 10.3 Å². The summed E-state index contributed by atoms with van der Waals surface area (Å²) in [6, 6.07) is 9.34. The number of pyridine rings is 1. The van der Waals surface area contributed by atoms with Crippen molar-refractivity contribution in [3.63, 3.8) is 0 Å². The monoisotopic (exact) mass is 260 g/mol. The van der Waals surface area contributed by atoms with Crippen LogP contribution in [0.1, 0.15) is 18.0 Å². The van der Waals surface area contributed by atoms with Gasteiger partial charge in [-0.25, -0.2) is 4.39 Å². The molecular formula is C14H13FN2S. The molecule has 4 heteroatoms. The molecule has 0 saturated carbocycles. The van der Waals surface area contributed by atoms with E-state index in [1.807, 2.05) is 18.2 Å². The minimum atomic E-state index is -0.116. The summed E-state index contributed by atoms with van der Waals surface area (Å²) >= 11 is 1.60. The van der Waals surface area contributed by atoms with Crippen LogP contribution in [0.3, 0.4) is 0 Å². The minimum Gasteiger partial charge on any atom is -0.377 e. The van der Waals surface area contributed by atoms with Gasteiger partial charge in [0.2, 0.25) is 0 Å². The fourth-order valence-electron chi connectivity index (χ4n) is 2.19. The smallest absolute Gasteiger partial charge is 0.137 e. The zero-order valence-electron chi connectivity index (χ0n) is 9.77. The molecule has 2 nitrogen and oxygen atoms in total. The molecule has 0 spiro atoms. The number of hydrogen-bond donors (Lipinski definition) is 1. The van der Waals surface area contributed by atoms with Crippen molar-refractivity contribution >= 4 is 17.4 Å². The summed E-state index contributed by atoms with van der Waals surface area (Å²) in [5.74, 6) is 0.821. The van der Waals surface area contributed by atoms with Crippen LogP contribution < -0.4 is 5.32 Å². The van der Waals surface area contributed by atoms with E-state index in [0.29, 0.717) is 0 Å². The van der Waals surface area contributed by atoms with Crippen molar-refractivity contribution < 1.29 is 4.39 Å². The fourth-order valence-corrected chi connectivity index (χ4v) is 3.33. The second-order valence-electron chi connectivity index (χ2n) is 4.23. The molecule has 92 valence electrons. The van der Waals surface area contributed by atoms with Gasteiger partial charge in [-0.3, -0.25) is 4.98 Å². The zero-order valence-corrected chi connectivity index (χ0v) is 10.6. The van der Waals surface area contributed by atoms with E-state index in [1.165, 1.54) is 6.07 Å². The molecule has 1 atom stereocenters. The normalized spacial score (nSPS) is 18.2. The molecule has 3 rings (SSSR count). The number of rotatable bonds is 2. The van der Waals surface area contributed by atoms with Crippen molar-refractivity contribution in [3.05, 3.63) is 54.1 Å². The third kappa shape index (κ3) is 2.20. The quantitative estimate of drug-likeness (QED) is 0.887. The van der Waals surface area contributed by atoms with E-state index in [4.69, 9.17) is 0 Å². The Kier molecular flexibility index (Phi) is 3.19. The lowest BCUT2D eigenvalue weighted by Gasteiger charge is -2.26. The molecule has 1 aliphatic heterocycles. The Hall–Kier alpha value is -1.55. The lowest BCUT2D eigenvalue weighted by Crippen LogP contribution is -2.16. The van der Waals surface area contributed by atoms with Gasteiger partial charge in [0.15, 0.2) is 0 Å². The summed E-state index contributed by atoms with van der Waals surface area (Å²) in [6.45, 7) is 0. The van der Waals surface area contributed by atoms with Gasteiger partial charge in [0.1, 0.15) is 5.82 Å². The van der Waals surface area contributed by atoms with Crippen molar-refractivity contribution in [2.45, 2.75) is 17.4 Å². The molecular weight excluding hydrogens is 247 g/mol. The highest BCUT2D eigenvalue weighted by Crippen LogP contribution is 2.39. The number of anilines is 1. The minimum absolute atomic E-state index is 0.116. The van der Waals surface area contributed by atoms with Crippen molar-refractivity contribution in [3.8, 4) is 0 Å². The summed E-state index contributed by atoms with van der Waals surface area (Å²) in [4.78, 5) is 4.86. The molecule has 1 unspecified atom stereocenters. The van der Waals surface area contributed by atoms with Gasteiger partial charge in [-0.1, -0.05) is 12.1 Å². The molecule has 1 aliphatic rings. The Labute approximate surface area is 110 Å². The number of benzene rings is 1. The Morgan fingerprint density at radius 1 is 1.28 bits per heavy atom. The van der Waals surface area contributed by atoms with Crippen molar-refractivity contribution in [1.29, 1.82) is 0 Å². The van der Waals surface area contributed by atoms with Crippen LogP contribution in [0.25, 0.3) is 0 Å². The number of nitrogens with zero attached hydrogens (tertiary/aromatic N) is 1. The van der Waals surface area contributed by atoms with Crippen LogP contribution in [-0.4, -0.2) is 10.7 Å². The Morgan fingerprint density at radius 3 is 3.06 bits per heavy atom. The van der Waals surface area contributed by atoms with Gasteiger partial charge in [0.25, 0.3) is 0 Å². The summed E-state index contributed by atoms with van der Waals surface area (Å²) in [6.07, 6.45) is 4.53. The van der Waals surface area contributed by atoms with Crippen LogP contribution >= 0.6 is 11.8 Å². The van der Waals surface area contributed by atoms with Crippen LogP contribution in [0.5, 0.6) is 0 Å². The van der Waals surface area contributed by atoms with Gasteiger partial charge in [0, 0.05) is 23.0 Å². The third-order valence-electron chi connectivity index (χ3n) is 3.03. The second kappa shape index (κ2) is 4.98. The predicted octanol–water partition coefficient (Wildman–Crippen LogP) is 3.87. The van der Waals surface area contributed by atoms with E-state index in [1.54, 1.807) is 30.2 Å². The number of nitrogens with one attached hydrogen (secondary N) is 1. The molecule has 2 aromatic rings. The topological polar surface area (TPSA) is 24.9 Å². The zero-order chi connectivity index (χ0) is 12.4. The first kappa shape index (κ1) is 11.5. The van der Waals surface area contributed by atoms with Gasteiger partial charge in [-0.15, -0.1) is 11.8 Å². The maximum atomic E-state index is 13.7. The van der Waals surface area contributed by atoms with Crippen LogP contribution in [0.4, 0.5) is 10.1 Å². The van der Waals surface area contributed by atoms with Crippen LogP contribution in [0.15, 0.2) is 47.6 Å². The third-order valence-corrected chi connectivity index (χ3v) is 4.19. The Bertz CT molecular complexity index is 545. The first-order valence-electron chi connectivity index (χ1n) is 5.92. The molecule has 1 N–H and O–H groups in total. The fraction of sp³-hybridized carbons (Fsp3) is 0.214. The van der Waals surface area contributed by atoms with Gasteiger partial charge in [-0.2, -0.15) is 0 Å². The molecule has 0 bridgehead atoms. The maximum absolute atomic E-state index is 13.7. The molecule has 2 heterocycles. The number of fused-ring (bicyclic) bond motifs is 1. The summed E-state index contributed by atoms with van der Waals surface area (Å²) in [5, 5.41) is 3.42. The highest BCUT2D eigenvalue weighted by Gasteiger charge is 2.22. The molecule has 0 amide bonds.